The van der Waals surface area contributed by atoms with E-state index in [2.05, 4.69) is 4.72 Å². The van der Waals surface area contributed by atoms with E-state index < -0.39 is 16.1 Å². The SMILES string of the molecule is N=C(N)c1cccc(OCC(O)CNS(=O)(=O)c2ccc3ccccc3c2)c1. The smallest absolute Gasteiger partial charge is 0.240 e. The highest BCUT2D eigenvalue weighted by atomic mass is 32.2. The van der Waals surface area contributed by atoms with Crippen molar-refractivity contribution in [1.82, 2.24) is 4.72 Å². The molecule has 0 saturated heterocycles. The van der Waals surface area contributed by atoms with Crippen molar-refractivity contribution in [3.05, 3.63) is 72.3 Å². The molecule has 0 aliphatic carbocycles. The maximum Gasteiger partial charge on any atom is 0.240 e. The molecule has 0 radical (unpaired) electrons. The third-order valence-electron chi connectivity index (χ3n) is 4.13. The third kappa shape index (κ3) is 4.86. The normalized spacial score (nSPS) is 12.6. The molecule has 28 heavy (non-hydrogen) atoms. The number of rotatable bonds is 8. The van der Waals surface area contributed by atoms with Crippen molar-refractivity contribution in [3.63, 3.8) is 0 Å². The lowest BCUT2D eigenvalue weighted by atomic mass is 10.1. The van der Waals surface area contributed by atoms with E-state index in [1.807, 2.05) is 24.3 Å². The number of aliphatic hydroxyl groups excluding tert-OH is 1. The number of ether oxygens (including phenoxy) is 1. The zero-order valence-electron chi connectivity index (χ0n) is 15.0. The summed E-state index contributed by atoms with van der Waals surface area (Å²) in [6.45, 7) is -0.302. The molecule has 0 fully saturated rings. The second kappa shape index (κ2) is 8.39. The van der Waals surface area contributed by atoms with E-state index >= 15 is 0 Å². The van der Waals surface area contributed by atoms with Crippen LogP contribution in [0.5, 0.6) is 5.75 Å². The Morgan fingerprint density at radius 3 is 2.57 bits per heavy atom. The Balaban J connectivity index is 1.59. The molecule has 0 aromatic heterocycles. The van der Waals surface area contributed by atoms with Gasteiger partial charge in [-0.05, 0) is 35.0 Å². The van der Waals surface area contributed by atoms with E-state index in [-0.39, 0.29) is 23.9 Å². The minimum absolute atomic E-state index is 0.0888. The average molecular weight is 399 g/mol. The molecule has 3 aromatic carbocycles. The zero-order chi connectivity index (χ0) is 20.1. The first kappa shape index (κ1) is 19.8. The zero-order valence-corrected chi connectivity index (χ0v) is 15.8. The van der Waals surface area contributed by atoms with E-state index in [1.165, 1.54) is 6.07 Å². The number of aliphatic hydroxyl groups is 1. The number of nitrogens with one attached hydrogen (secondary N) is 2. The van der Waals surface area contributed by atoms with E-state index in [4.69, 9.17) is 15.9 Å². The average Bonchev–Trinajstić information content (AvgIpc) is 2.70. The summed E-state index contributed by atoms with van der Waals surface area (Å²) < 4.78 is 32.8. The van der Waals surface area contributed by atoms with Crippen molar-refractivity contribution < 1.29 is 18.3 Å². The van der Waals surface area contributed by atoms with E-state index in [0.717, 1.165) is 10.8 Å². The minimum Gasteiger partial charge on any atom is -0.491 e. The number of nitrogen functional groups attached to an aromatic ring is 1. The summed E-state index contributed by atoms with van der Waals surface area (Å²) in [5.74, 6) is 0.346. The number of fused-ring (bicyclic) bond motifs is 1. The number of hydrogen-bond donors (Lipinski definition) is 4. The van der Waals surface area contributed by atoms with E-state index in [0.29, 0.717) is 11.3 Å². The fourth-order valence-corrected chi connectivity index (χ4v) is 3.74. The molecule has 0 saturated carbocycles. The second-order valence-electron chi connectivity index (χ2n) is 6.27. The van der Waals surface area contributed by atoms with E-state index in [1.54, 1.807) is 36.4 Å². The molecule has 0 amide bonds. The molecule has 0 aliphatic rings. The summed E-state index contributed by atoms with van der Waals surface area (Å²) >= 11 is 0. The molecule has 0 spiro atoms. The van der Waals surface area contributed by atoms with Gasteiger partial charge in [0.05, 0.1) is 4.90 Å². The van der Waals surface area contributed by atoms with Crippen molar-refractivity contribution in [2.24, 2.45) is 5.73 Å². The topological polar surface area (TPSA) is 126 Å². The van der Waals surface area contributed by atoms with Gasteiger partial charge in [0, 0.05) is 12.1 Å². The Labute approximate surface area is 163 Å². The Kier molecular flexibility index (Phi) is 5.93. The van der Waals surface area contributed by atoms with Crippen LogP contribution in [0.3, 0.4) is 0 Å². The first-order valence-corrected chi connectivity index (χ1v) is 10.1. The predicted octanol–water partition coefficient (Wildman–Crippen LogP) is 1.84. The van der Waals surface area contributed by atoms with Gasteiger partial charge in [-0.1, -0.05) is 42.5 Å². The Morgan fingerprint density at radius 1 is 1.07 bits per heavy atom. The van der Waals surface area contributed by atoms with Gasteiger partial charge in [-0.2, -0.15) is 0 Å². The summed E-state index contributed by atoms with van der Waals surface area (Å²) in [6, 6.07) is 18.9. The standard InChI is InChI=1S/C20H21N3O4S/c21-20(22)16-6-3-7-18(10-16)27-13-17(24)12-23-28(25,26)19-9-8-14-4-1-2-5-15(14)11-19/h1-11,17,23-24H,12-13H2,(H3,21,22). The lowest BCUT2D eigenvalue weighted by Crippen LogP contribution is -2.35. The summed E-state index contributed by atoms with van der Waals surface area (Å²) in [7, 11) is -3.76. The Morgan fingerprint density at radius 2 is 1.82 bits per heavy atom. The number of benzene rings is 3. The Bertz CT molecular complexity index is 1100. The van der Waals surface area contributed by atoms with Crippen LogP contribution < -0.4 is 15.2 Å². The second-order valence-corrected chi connectivity index (χ2v) is 8.03. The van der Waals surface area contributed by atoms with Crippen molar-refractivity contribution in [2.45, 2.75) is 11.0 Å². The number of sulfonamides is 1. The van der Waals surface area contributed by atoms with Crippen LogP contribution in [0.1, 0.15) is 5.56 Å². The molecule has 3 rings (SSSR count). The van der Waals surface area contributed by atoms with Crippen LogP contribution in [0.2, 0.25) is 0 Å². The molecule has 1 atom stereocenters. The van der Waals surface area contributed by atoms with Crippen molar-refractivity contribution in [3.8, 4) is 5.75 Å². The van der Waals surface area contributed by atoms with Gasteiger partial charge in [0.1, 0.15) is 24.3 Å². The monoisotopic (exact) mass is 399 g/mol. The highest BCUT2D eigenvalue weighted by molar-refractivity contribution is 7.89. The molecule has 0 aliphatic heterocycles. The van der Waals surface area contributed by atoms with Crippen molar-refractivity contribution in [1.29, 1.82) is 5.41 Å². The highest BCUT2D eigenvalue weighted by Crippen LogP contribution is 2.19. The van der Waals surface area contributed by atoms with Gasteiger partial charge in [-0.15, -0.1) is 0 Å². The summed E-state index contributed by atoms with van der Waals surface area (Å²) in [5.41, 5.74) is 5.93. The third-order valence-corrected chi connectivity index (χ3v) is 5.55. The summed E-state index contributed by atoms with van der Waals surface area (Å²) in [6.07, 6.45) is -1.05. The fraction of sp³-hybridized carbons (Fsp3) is 0.150. The lowest BCUT2D eigenvalue weighted by Gasteiger charge is -2.14. The fourth-order valence-electron chi connectivity index (χ4n) is 2.63. The summed E-state index contributed by atoms with van der Waals surface area (Å²) in [5, 5.41) is 19.2. The number of nitrogens with two attached hydrogens (primary N) is 1. The maximum atomic E-state index is 12.5. The molecule has 8 heteroatoms. The van der Waals surface area contributed by atoms with Crippen molar-refractivity contribution in [2.75, 3.05) is 13.2 Å². The van der Waals surface area contributed by atoms with Gasteiger partial charge in [0.25, 0.3) is 0 Å². The van der Waals surface area contributed by atoms with Gasteiger partial charge >= 0.3 is 0 Å². The van der Waals surface area contributed by atoms with Gasteiger partial charge in [-0.3, -0.25) is 5.41 Å². The maximum absolute atomic E-state index is 12.5. The summed E-state index contributed by atoms with van der Waals surface area (Å²) in [4.78, 5) is 0.133. The molecule has 0 heterocycles. The van der Waals surface area contributed by atoms with Crippen LogP contribution in [-0.4, -0.2) is 38.6 Å². The molecule has 7 nitrogen and oxygen atoms in total. The van der Waals surface area contributed by atoms with Crippen LogP contribution >= 0.6 is 0 Å². The van der Waals surface area contributed by atoms with Crippen molar-refractivity contribution >= 4 is 26.6 Å². The van der Waals surface area contributed by atoms with Crippen LogP contribution in [0.25, 0.3) is 10.8 Å². The molecule has 0 bridgehead atoms. The van der Waals surface area contributed by atoms with Gasteiger partial charge < -0.3 is 15.6 Å². The Hall–Kier alpha value is -2.94. The van der Waals surface area contributed by atoms with Gasteiger partial charge in [-0.25, -0.2) is 13.1 Å². The molecular weight excluding hydrogens is 378 g/mol. The molecule has 5 N–H and O–H groups in total. The van der Waals surface area contributed by atoms with Crippen LogP contribution in [-0.2, 0) is 10.0 Å². The molecular formula is C20H21N3O4S. The first-order valence-electron chi connectivity index (χ1n) is 8.59. The van der Waals surface area contributed by atoms with E-state index in [9.17, 15) is 13.5 Å². The number of hydrogen-bond acceptors (Lipinski definition) is 5. The molecule has 3 aromatic rings. The quantitative estimate of drug-likeness (QED) is 0.340. The molecule has 1 unspecified atom stereocenters. The van der Waals surface area contributed by atoms with Crippen LogP contribution in [0.15, 0.2) is 71.6 Å². The highest BCUT2D eigenvalue weighted by Gasteiger charge is 2.16. The first-order chi connectivity index (χ1) is 13.3. The lowest BCUT2D eigenvalue weighted by molar-refractivity contribution is 0.111. The van der Waals surface area contributed by atoms with Crippen LogP contribution in [0.4, 0.5) is 0 Å². The van der Waals surface area contributed by atoms with Crippen LogP contribution in [0, 0.1) is 5.41 Å². The largest absolute Gasteiger partial charge is 0.491 e. The minimum atomic E-state index is -3.76. The predicted molar refractivity (Wildman–Crippen MR) is 108 cm³/mol. The van der Waals surface area contributed by atoms with Gasteiger partial charge in [0.15, 0.2) is 0 Å². The van der Waals surface area contributed by atoms with Gasteiger partial charge in [0.2, 0.25) is 10.0 Å². The number of amidine groups is 1. The molecule has 146 valence electrons.